The number of nitrogens with one attached hydrogen (secondary N) is 1. The van der Waals surface area contributed by atoms with Crippen LogP contribution in [0.5, 0.6) is 0 Å². The van der Waals surface area contributed by atoms with E-state index in [0.717, 1.165) is 6.54 Å². The summed E-state index contributed by atoms with van der Waals surface area (Å²) < 4.78 is 0. The van der Waals surface area contributed by atoms with Gasteiger partial charge in [-0.1, -0.05) is 29.8 Å². The molecule has 2 aromatic rings. The lowest BCUT2D eigenvalue weighted by atomic mass is 9.93. The van der Waals surface area contributed by atoms with Gasteiger partial charge in [-0.25, -0.2) is 0 Å². The number of hydrogen-bond acceptors (Lipinski definition) is 2. The Morgan fingerprint density at radius 1 is 1.21 bits per heavy atom. The van der Waals surface area contributed by atoms with Gasteiger partial charge in [0.15, 0.2) is 0 Å². The van der Waals surface area contributed by atoms with Crippen LogP contribution >= 0.6 is 11.3 Å². The van der Waals surface area contributed by atoms with Crippen molar-refractivity contribution in [1.29, 1.82) is 0 Å². The summed E-state index contributed by atoms with van der Waals surface area (Å²) >= 11 is 1.79. The molecule has 1 aromatic carbocycles. The molecule has 0 amide bonds. The molecule has 102 valence electrons. The van der Waals surface area contributed by atoms with E-state index in [1.54, 1.807) is 11.3 Å². The fourth-order valence-electron chi connectivity index (χ4n) is 2.54. The Labute approximate surface area is 120 Å². The van der Waals surface area contributed by atoms with Crippen molar-refractivity contribution < 1.29 is 0 Å². The molecule has 0 spiro atoms. The van der Waals surface area contributed by atoms with E-state index in [-0.39, 0.29) is 0 Å². The Hall–Kier alpha value is -1.12. The molecule has 0 fully saturated rings. The molecule has 2 heteroatoms. The first-order chi connectivity index (χ1) is 9.28. The van der Waals surface area contributed by atoms with E-state index in [1.807, 2.05) is 7.05 Å². The highest BCUT2D eigenvalue weighted by atomic mass is 32.1. The molecule has 2 rings (SSSR count). The zero-order chi connectivity index (χ0) is 13.5. The molecular weight excluding hydrogens is 250 g/mol. The van der Waals surface area contributed by atoms with Crippen LogP contribution in [-0.4, -0.2) is 13.6 Å². The zero-order valence-corrected chi connectivity index (χ0v) is 12.7. The predicted octanol–water partition coefficient (Wildman–Crippen LogP) is 4.07. The summed E-state index contributed by atoms with van der Waals surface area (Å²) in [6, 6.07) is 11.1. The van der Waals surface area contributed by atoms with E-state index >= 15 is 0 Å². The summed E-state index contributed by atoms with van der Waals surface area (Å²) in [5.41, 5.74) is 4.31. The van der Waals surface area contributed by atoms with Crippen LogP contribution in [0.25, 0.3) is 0 Å². The minimum atomic E-state index is 0.715. The standard InChI is InChI=1S/C17H23NS/c1-14-4-3-5-16(10-14)11-17(12-18-2)7-6-15-8-9-19-13-15/h3-5,8-10,13,17-18H,6-7,11-12H2,1-2H3. The van der Waals surface area contributed by atoms with Crippen LogP contribution in [0, 0.1) is 12.8 Å². The van der Waals surface area contributed by atoms with Crippen LogP contribution in [0.2, 0.25) is 0 Å². The molecule has 1 unspecified atom stereocenters. The van der Waals surface area contributed by atoms with Gasteiger partial charge in [0.2, 0.25) is 0 Å². The zero-order valence-electron chi connectivity index (χ0n) is 11.9. The first-order valence-corrected chi connectivity index (χ1v) is 7.93. The molecule has 1 atom stereocenters. The molecular formula is C17H23NS. The second-order valence-corrected chi connectivity index (χ2v) is 6.07. The number of benzene rings is 1. The molecule has 1 aromatic heterocycles. The van der Waals surface area contributed by atoms with Crippen molar-refractivity contribution >= 4 is 11.3 Å². The van der Waals surface area contributed by atoms with E-state index in [4.69, 9.17) is 0 Å². The monoisotopic (exact) mass is 273 g/mol. The molecule has 1 nitrogen and oxygen atoms in total. The van der Waals surface area contributed by atoms with Crippen LogP contribution in [0.15, 0.2) is 41.1 Å². The first kappa shape index (κ1) is 14.3. The van der Waals surface area contributed by atoms with Gasteiger partial charge in [-0.05, 0) is 73.6 Å². The fourth-order valence-corrected chi connectivity index (χ4v) is 3.25. The minimum absolute atomic E-state index is 0.715. The van der Waals surface area contributed by atoms with Gasteiger partial charge in [0.05, 0.1) is 0 Å². The topological polar surface area (TPSA) is 12.0 Å². The van der Waals surface area contributed by atoms with E-state index in [9.17, 15) is 0 Å². The highest BCUT2D eigenvalue weighted by Crippen LogP contribution is 2.17. The lowest BCUT2D eigenvalue weighted by Gasteiger charge is -2.16. The Bertz CT molecular complexity index is 476. The second-order valence-electron chi connectivity index (χ2n) is 5.29. The minimum Gasteiger partial charge on any atom is -0.319 e. The average Bonchev–Trinajstić information content (AvgIpc) is 2.89. The van der Waals surface area contributed by atoms with Gasteiger partial charge >= 0.3 is 0 Å². The van der Waals surface area contributed by atoms with Gasteiger partial charge in [0.25, 0.3) is 0 Å². The van der Waals surface area contributed by atoms with Crippen molar-refractivity contribution in [3.05, 3.63) is 57.8 Å². The number of hydrogen-bond donors (Lipinski definition) is 1. The Kier molecular flexibility index (Phi) is 5.62. The highest BCUT2D eigenvalue weighted by molar-refractivity contribution is 7.07. The van der Waals surface area contributed by atoms with Crippen LogP contribution in [0.4, 0.5) is 0 Å². The van der Waals surface area contributed by atoms with Gasteiger partial charge in [0.1, 0.15) is 0 Å². The van der Waals surface area contributed by atoms with Gasteiger partial charge < -0.3 is 5.32 Å². The molecule has 1 heterocycles. The molecule has 0 aliphatic carbocycles. The van der Waals surface area contributed by atoms with Gasteiger partial charge in [-0.3, -0.25) is 0 Å². The van der Waals surface area contributed by atoms with Crippen molar-refractivity contribution in [3.63, 3.8) is 0 Å². The Morgan fingerprint density at radius 3 is 2.79 bits per heavy atom. The van der Waals surface area contributed by atoms with Gasteiger partial charge in [-0.2, -0.15) is 11.3 Å². The van der Waals surface area contributed by atoms with Crippen molar-refractivity contribution in [2.75, 3.05) is 13.6 Å². The van der Waals surface area contributed by atoms with Crippen LogP contribution in [0.3, 0.4) is 0 Å². The van der Waals surface area contributed by atoms with E-state index < -0.39 is 0 Å². The third-order valence-corrected chi connectivity index (χ3v) is 4.25. The van der Waals surface area contributed by atoms with Crippen molar-refractivity contribution in [1.82, 2.24) is 5.32 Å². The van der Waals surface area contributed by atoms with Crippen LogP contribution in [0.1, 0.15) is 23.1 Å². The quantitative estimate of drug-likeness (QED) is 0.802. The second kappa shape index (κ2) is 7.46. The van der Waals surface area contributed by atoms with E-state index in [2.05, 4.69) is 53.3 Å². The largest absolute Gasteiger partial charge is 0.319 e. The predicted molar refractivity (Wildman–Crippen MR) is 84.9 cm³/mol. The summed E-state index contributed by atoms with van der Waals surface area (Å²) in [6.45, 7) is 3.26. The first-order valence-electron chi connectivity index (χ1n) is 6.99. The third kappa shape index (κ3) is 4.81. The maximum Gasteiger partial charge on any atom is -0.00202 e. The molecule has 0 bridgehead atoms. The lowest BCUT2D eigenvalue weighted by molar-refractivity contribution is 0.461. The lowest BCUT2D eigenvalue weighted by Crippen LogP contribution is -2.21. The molecule has 19 heavy (non-hydrogen) atoms. The molecule has 1 N–H and O–H groups in total. The summed E-state index contributed by atoms with van der Waals surface area (Å²) in [5, 5.41) is 7.77. The smallest absolute Gasteiger partial charge is 0.00202 e. The maximum absolute atomic E-state index is 3.34. The SMILES string of the molecule is CNCC(CCc1ccsc1)Cc1cccc(C)c1. The molecule has 0 radical (unpaired) electrons. The molecule has 0 saturated carbocycles. The number of aryl methyl sites for hydroxylation is 2. The maximum atomic E-state index is 3.34. The summed E-state index contributed by atoms with van der Waals surface area (Å²) in [6.07, 6.45) is 3.62. The van der Waals surface area contributed by atoms with E-state index in [1.165, 1.54) is 36.0 Å². The van der Waals surface area contributed by atoms with Crippen molar-refractivity contribution in [3.8, 4) is 0 Å². The van der Waals surface area contributed by atoms with Gasteiger partial charge in [-0.15, -0.1) is 0 Å². The van der Waals surface area contributed by atoms with Crippen LogP contribution in [-0.2, 0) is 12.8 Å². The van der Waals surface area contributed by atoms with E-state index in [0.29, 0.717) is 5.92 Å². The summed E-state index contributed by atoms with van der Waals surface area (Å²) in [5.74, 6) is 0.715. The third-order valence-electron chi connectivity index (χ3n) is 3.52. The fraction of sp³-hybridized carbons (Fsp3) is 0.412. The summed E-state index contributed by atoms with van der Waals surface area (Å²) in [7, 11) is 2.05. The summed E-state index contributed by atoms with van der Waals surface area (Å²) in [4.78, 5) is 0. The number of rotatable bonds is 7. The Morgan fingerprint density at radius 2 is 2.11 bits per heavy atom. The normalized spacial score (nSPS) is 12.5. The highest BCUT2D eigenvalue weighted by Gasteiger charge is 2.09. The van der Waals surface area contributed by atoms with Crippen molar-refractivity contribution in [2.45, 2.75) is 26.2 Å². The molecule has 0 saturated heterocycles. The molecule has 0 aliphatic rings. The number of thiophene rings is 1. The average molecular weight is 273 g/mol. The Balaban J connectivity index is 1.91. The van der Waals surface area contributed by atoms with Gasteiger partial charge in [0, 0.05) is 0 Å². The molecule has 0 aliphatic heterocycles. The van der Waals surface area contributed by atoms with Crippen LogP contribution < -0.4 is 5.32 Å². The van der Waals surface area contributed by atoms with Crippen molar-refractivity contribution in [2.24, 2.45) is 5.92 Å².